The maximum absolute atomic E-state index is 13.5. The van der Waals surface area contributed by atoms with E-state index >= 15 is 0 Å². The van der Waals surface area contributed by atoms with Gasteiger partial charge in [-0.3, -0.25) is 24.0 Å². The predicted molar refractivity (Wildman–Crippen MR) is 172 cm³/mol. The summed E-state index contributed by atoms with van der Waals surface area (Å²) < 4.78 is 44.4. The van der Waals surface area contributed by atoms with Crippen LogP contribution in [0.1, 0.15) is 37.4 Å². The van der Waals surface area contributed by atoms with E-state index in [4.69, 9.17) is 16.3 Å². The van der Waals surface area contributed by atoms with Crippen molar-refractivity contribution in [3.05, 3.63) is 124 Å². The average Bonchev–Trinajstić information content (AvgIpc) is 3.04. The largest absolute Gasteiger partial charge is 0.480 e. The first-order chi connectivity index (χ1) is 23.0. The van der Waals surface area contributed by atoms with E-state index in [0.29, 0.717) is 11.1 Å². The molecule has 4 aromatic rings. The van der Waals surface area contributed by atoms with Crippen molar-refractivity contribution >= 4 is 47.0 Å². The van der Waals surface area contributed by atoms with Gasteiger partial charge in [0.2, 0.25) is 5.41 Å². The fourth-order valence-corrected chi connectivity index (χ4v) is 5.09. The summed E-state index contributed by atoms with van der Waals surface area (Å²) in [6, 6.07) is 19.8. The number of nitrogens with zero attached hydrogens (tertiary/aromatic N) is 1. The number of nitrogens with one attached hydrogen (secondary N) is 1. The molecular weight excluding hydrogens is 669 g/mol. The number of ether oxygens (including phenoxy) is 1. The number of halogens is 4. The van der Waals surface area contributed by atoms with E-state index in [2.05, 4.69) is 5.32 Å². The van der Waals surface area contributed by atoms with Crippen molar-refractivity contribution in [2.75, 3.05) is 26.0 Å². The van der Waals surface area contributed by atoms with Gasteiger partial charge in [-0.2, -0.15) is 13.2 Å². The molecule has 0 atom stereocenters. The molecule has 10 nitrogen and oxygen atoms in total. The zero-order chi connectivity index (χ0) is 36.1. The summed E-state index contributed by atoms with van der Waals surface area (Å²) in [5.41, 5.74) is -2.68. The monoisotopic (exact) mass is 696 g/mol. The van der Waals surface area contributed by atoms with Crippen molar-refractivity contribution in [1.82, 2.24) is 4.90 Å². The quantitative estimate of drug-likeness (QED) is 0.124. The molecule has 0 aromatic heterocycles. The Hall–Kier alpha value is -5.69. The third-order valence-electron chi connectivity index (χ3n) is 7.51. The van der Waals surface area contributed by atoms with Gasteiger partial charge >= 0.3 is 24.1 Å². The number of aliphatic carboxylic acids is 2. The Bertz CT molecular complexity index is 1910. The van der Waals surface area contributed by atoms with E-state index in [1.165, 1.54) is 73.6 Å². The molecule has 0 spiro atoms. The number of carbonyl (C=O) groups is 5. The molecule has 0 unspecified atom stereocenters. The lowest BCUT2D eigenvalue weighted by Gasteiger charge is -2.25. The van der Waals surface area contributed by atoms with Gasteiger partial charge in [0.1, 0.15) is 6.61 Å². The minimum absolute atomic E-state index is 0.0278. The Balaban J connectivity index is 1.58. The fraction of sp³-hybridized carbons (Fsp3) is 0.171. The van der Waals surface area contributed by atoms with E-state index < -0.39 is 59.9 Å². The second kappa shape index (κ2) is 14.6. The lowest BCUT2D eigenvalue weighted by molar-refractivity contribution is -0.164. The number of carbonyl (C=O) groups excluding carboxylic acids is 3. The van der Waals surface area contributed by atoms with Crippen molar-refractivity contribution in [3.63, 3.8) is 0 Å². The van der Waals surface area contributed by atoms with E-state index in [9.17, 15) is 47.4 Å². The van der Waals surface area contributed by atoms with Crippen LogP contribution in [0.5, 0.6) is 0 Å². The molecule has 0 saturated heterocycles. The first-order valence-corrected chi connectivity index (χ1v) is 14.7. The van der Waals surface area contributed by atoms with Crippen LogP contribution in [0.3, 0.4) is 0 Å². The van der Waals surface area contributed by atoms with Crippen LogP contribution in [-0.2, 0) is 37.1 Å². The van der Waals surface area contributed by atoms with Gasteiger partial charge in [0.25, 0.3) is 11.8 Å². The Morgan fingerprint density at radius 3 is 2.04 bits per heavy atom. The molecule has 49 heavy (non-hydrogen) atoms. The van der Waals surface area contributed by atoms with Gasteiger partial charge in [0.05, 0.1) is 23.2 Å². The fourth-order valence-electron chi connectivity index (χ4n) is 4.90. The molecule has 0 heterocycles. The number of benzene rings is 4. The number of anilines is 1. The minimum atomic E-state index is -4.54. The molecule has 0 saturated carbocycles. The standard InChI is InChI=1S/C35H28ClF3N2O8/c1-41(2)31(44)27-16-20(17-29(42)49-19-34(32(45)46,33(47)48)23-6-5-7-24(36)18-23)10-15-28(27)40-30(43)26-9-4-3-8-25(26)21-11-13-22(14-12-21)35(37,38)39/h3-16,18H,17,19H2,1-2H3,(H,40,43)(H,45,46)(H,47,48). The molecule has 0 radical (unpaired) electrons. The Morgan fingerprint density at radius 1 is 0.796 bits per heavy atom. The zero-order valence-corrected chi connectivity index (χ0v) is 26.6. The molecule has 0 bridgehead atoms. The SMILES string of the molecule is CN(C)C(=O)c1cc(CC(=O)OCC(C(=O)O)(C(=O)O)c2cccc(Cl)c2)ccc1NC(=O)c1ccccc1-c1ccc(C(F)(F)F)cc1. The van der Waals surface area contributed by atoms with Gasteiger partial charge in [-0.05, 0) is 64.7 Å². The lowest BCUT2D eigenvalue weighted by atomic mass is 9.81. The van der Waals surface area contributed by atoms with Crippen LogP contribution in [0.2, 0.25) is 5.02 Å². The maximum Gasteiger partial charge on any atom is 0.416 e. The van der Waals surface area contributed by atoms with Crippen LogP contribution < -0.4 is 5.32 Å². The number of rotatable bonds is 11. The molecule has 4 aromatic carbocycles. The molecule has 4 rings (SSSR count). The van der Waals surface area contributed by atoms with Crippen LogP contribution in [0.25, 0.3) is 11.1 Å². The number of hydrogen-bond donors (Lipinski definition) is 3. The summed E-state index contributed by atoms with van der Waals surface area (Å²) in [5, 5.41) is 22.5. The van der Waals surface area contributed by atoms with Gasteiger partial charge in [-0.1, -0.05) is 60.1 Å². The molecule has 0 aliphatic carbocycles. The third kappa shape index (κ3) is 8.07. The highest BCUT2D eigenvalue weighted by atomic mass is 35.5. The first kappa shape index (κ1) is 36.2. The van der Waals surface area contributed by atoms with Crippen molar-refractivity contribution in [2.24, 2.45) is 0 Å². The van der Waals surface area contributed by atoms with Gasteiger partial charge in [-0.25, -0.2) is 0 Å². The van der Waals surface area contributed by atoms with Crippen molar-refractivity contribution in [3.8, 4) is 11.1 Å². The molecule has 254 valence electrons. The molecule has 2 amide bonds. The van der Waals surface area contributed by atoms with Crippen molar-refractivity contribution in [1.29, 1.82) is 0 Å². The molecule has 0 fully saturated rings. The van der Waals surface area contributed by atoms with Crippen LogP contribution in [0.15, 0.2) is 91.0 Å². The summed E-state index contributed by atoms with van der Waals surface area (Å²) in [6.07, 6.45) is -5.03. The second-order valence-corrected chi connectivity index (χ2v) is 11.5. The van der Waals surface area contributed by atoms with Crippen LogP contribution in [0, 0.1) is 0 Å². The number of carboxylic acid groups (broad SMARTS) is 2. The topological polar surface area (TPSA) is 150 Å². The minimum Gasteiger partial charge on any atom is -0.480 e. The van der Waals surface area contributed by atoms with E-state index in [1.54, 1.807) is 18.2 Å². The first-order valence-electron chi connectivity index (χ1n) is 14.4. The maximum atomic E-state index is 13.5. The molecule has 14 heteroatoms. The smallest absolute Gasteiger partial charge is 0.416 e. The van der Waals surface area contributed by atoms with Gasteiger partial charge in [0.15, 0.2) is 0 Å². The average molecular weight is 697 g/mol. The zero-order valence-electron chi connectivity index (χ0n) is 25.9. The number of carboxylic acids is 2. The summed E-state index contributed by atoms with van der Waals surface area (Å²) in [5.74, 6) is -5.80. The summed E-state index contributed by atoms with van der Waals surface area (Å²) in [7, 11) is 2.92. The summed E-state index contributed by atoms with van der Waals surface area (Å²) >= 11 is 5.94. The Kier molecular flexibility index (Phi) is 10.8. The highest BCUT2D eigenvalue weighted by molar-refractivity contribution is 6.30. The van der Waals surface area contributed by atoms with Crippen LogP contribution >= 0.6 is 11.6 Å². The van der Waals surface area contributed by atoms with Crippen molar-refractivity contribution < 1.29 is 52.1 Å². The Morgan fingerprint density at radius 2 is 1.45 bits per heavy atom. The molecule has 0 aliphatic heterocycles. The summed E-state index contributed by atoms with van der Waals surface area (Å²) in [6.45, 7) is -1.06. The number of amides is 2. The number of hydrogen-bond acceptors (Lipinski definition) is 6. The van der Waals surface area contributed by atoms with Crippen LogP contribution in [-0.4, -0.2) is 65.5 Å². The Labute approximate surface area is 282 Å². The third-order valence-corrected chi connectivity index (χ3v) is 7.74. The van der Waals surface area contributed by atoms with Gasteiger partial charge in [-0.15, -0.1) is 0 Å². The molecule has 3 N–H and O–H groups in total. The molecule has 0 aliphatic rings. The van der Waals surface area contributed by atoms with Crippen LogP contribution in [0.4, 0.5) is 18.9 Å². The van der Waals surface area contributed by atoms with E-state index in [0.717, 1.165) is 18.2 Å². The number of esters is 1. The summed E-state index contributed by atoms with van der Waals surface area (Å²) in [4.78, 5) is 65.0. The predicted octanol–water partition coefficient (Wildman–Crippen LogP) is 6.17. The molecular formula is C35H28ClF3N2O8. The lowest BCUT2D eigenvalue weighted by Crippen LogP contribution is -2.48. The van der Waals surface area contributed by atoms with Gasteiger partial charge < -0.3 is 25.2 Å². The highest BCUT2D eigenvalue weighted by Crippen LogP contribution is 2.33. The normalized spacial score (nSPS) is 11.4. The van der Waals surface area contributed by atoms with Crippen molar-refractivity contribution in [2.45, 2.75) is 18.0 Å². The van der Waals surface area contributed by atoms with E-state index in [-0.39, 0.29) is 33.0 Å². The second-order valence-electron chi connectivity index (χ2n) is 11.0. The van der Waals surface area contributed by atoms with Gasteiger partial charge in [0, 0.05) is 24.7 Å². The highest BCUT2D eigenvalue weighted by Gasteiger charge is 2.50. The van der Waals surface area contributed by atoms with E-state index in [1.807, 2.05) is 0 Å². The number of alkyl halides is 3.